The topological polar surface area (TPSA) is 110 Å². The van der Waals surface area contributed by atoms with Crippen molar-refractivity contribution < 1.29 is 14.5 Å². The van der Waals surface area contributed by atoms with E-state index >= 15 is 0 Å². The summed E-state index contributed by atoms with van der Waals surface area (Å²) in [6, 6.07) is 18.8. The van der Waals surface area contributed by atoms with Gasteiger partial charge in [-0.15, -0.1) is 0 Å². The average Bonchev–Trinajstić information content (AvgIpc) is 3.18. The van der Waals surface area contributed by atoms with Crippen molar-refractivity contribution in [2.75, 3.05) is 12.4 Å². The number of ether oxygens (including phenoxy) is 1. The number of hydrogen-bond donors (Lipinski definition) is 2. The highest BCUT2D eigenvalue weighted by molar-refractivity contribution is 6.06. The summed E-state index contributed by atoms with van der Waals surface area (Å²) in [4.78, 5) is 30.8. The van der Waals surface area contributed by atoms with Gasteiger partial charge in [-0.25, -0.2) is 4.98 Å². The van der Waals surface area contributed by atoms with E-state index in [-0.39, 0.29) is 17.0 Å². The standard InChI is InChI=1S/C21H16N4O4/c1-29-19-11-10-15(25(27)28)12-16(19)21(26)22-14-8-6-13(7-9-14)20-23-17-4-2-3-5-18(17)24-20/h2-12H,1H3,(H,22,26)(H,23,24). The molecule has 4 rings (SSSR count). The van der Waals surface area contributed by atoms with Crippen LogP contribution < -0.4 is 10.1 Å². The summed E-state index contributed by atoms with van der Waals surface area (Å²) in [5, 5.41) is 13.7. The third kappa shape index (κ3) is 3.63. The highest BCUT2D eigenvalue weighted by Crippen LogP contribution is 2.26. The Hall–Kier alpha value is -4.20. The Morgan fingerprint density at radius 2 is 1.86 bits per heavy atom. The second-order valence-electron chi connectivity index (χ2n) is 6.28. The van der Waals surface area contributed by atoms with Gasteiger partial charge in [-0.05, 0) is 42.5 Å². The van der Waals surface area contributed by atoms with E-state index in [1.165, 1.54) is 25.3 Å². The van der Waals surface area contributed by atoms with E-state index in [2.05, 4.69) is 15.3 Å². The molecule has 8 heteroatoms. The Labute approximate surface area is 165 Å². The van der Waals surface area contributed by atoms with Crippen LogP contribution in [0.2, 0.25) is 0 Å². The van der Waals surface area contributed by atoms with Crippen LogP contribution in [0.15, 0.2) is 66.7 Å². The summed E-state index contributed by atoms with van der Waals surface area (Å²) in [6.45, 7) is 0. The molecule has 0 fully saturated rings. The van der Waals surface area contributed by atoms with Gasteiger partial charge in [-0.3, -0.25) is 14.9 Å². The number of fused-ring (bicyclic) bond motifs is 1. The van der Waals surface area contributed by atoms with Gasteiger partial charge < -0.3 is 15.0 Å². The molecular weight excluding hydrogens is 372 g/mol. The first-order chi connectivity index (χ1) is 14.0. The van der Waals surface area contributed by atoms with Crippen molar-refractivity contribution in [3.63, 3.8) is 0 Å². The van der Waals surface area contributed by atoms with Crippen LogP contribution in [-0.2, 0) is 0 Å². The number of carbonyl (C=O) groups excluding carboxylic acids is 1. The van der Waals surface area contributed by atoms with Crippen LogP contribution in [-0.4, -0.2) is 27.9 Å². The minimum Gasteiger partial charge on any atom is -0.496 e. The van der Waals surface area contributed by atoms with E-state index < -0.39 is 10.8 Å². The second kappa shape index (κ2) is 7.43. The van der Waals surface area contributed by atoms with Gasteiger partial charge in [-0.2, -0.15) is 0 Å². The summed E-state index contributed by atoms with van der Waals surface area (Å²) in [6.07, 6.45) is 0. The number of aromatic amines is 1. The van der Waals surface area contributed by atoms with E-state index in [9.17, 15) is 14.9 Å². The number of nitrogens with zero attached hydrogens (tertiary/aromatic N) is 2. The fraction of sp³-hybridized carbons (Fsp3) is 0.0476. The number of aromatic nitrogens is 2. The van der Waals surface area contributed by atoms with E-state index in [1.54, 1.807) is 12.1 Å². The molecular formula is C21H16N4O4. The number of benzene rings is 3. The maximum absolute atomic E-state index is 12.6. The predicted molar refractivity (Wildman–Crippen MR) is 109 cm³/mol. The number of nitro groups is 1. The Morgan fingerprint density at radius 3 is 2.55 bits per heavy atom. The lowest BCUT2D eigenvalue weighted by molar-refractivity contribution is -0.384. The number of amides is 1. The zero-order chi connectivity index (χ0) is 20.4. The molecule has 1 heterocycles. The number of imidazole rings is 1. The van der Waals surface area contributed by atoms with E-state index in [4.69, 9.17) is 4.74 Å². The highest BCUT2D eigenvalue weighted by Gasteiger charge is 2.17. The Bertz CT molecular complexity index is 1180. The first-order valence-electron chi connectivity index (χ1n) is 8.74. The van der Waals surface area contributed by atoms with Crippen molar-refractivity contribution in [3.8, 4) is 17.1 Å². The fourth-order valence-corrected chi connectivity index (χ4v) is 2.99. The number of rotatable bonds is 5. The molecule has 2 N–H and O–H groups in total. The normalized spacial score (nSPS) is 10.7. The molecule has 0 aliphatic rings. The van der Waals surface area contributed by atoms with Gasteiger partial charge in [0.05, 0.1) is 28.6 Å². The van der Waals surface area contributed by atoms with Gasteiger partial charge in [-0.1, -0.05) is 12.1 Å². The molecule has 0 saturated heterocycles. The maximum Gasteiger partial charge on any atom is 0.270 e. The van der Waals surface area contributed by atoms with Crippen LogP contribution in [0.3, 0.4) is 0 Å². The van der Waals surface area contributed by atoms with Crippen LogP contribution >= 0.6 is 0 Å². The lowest BCUT2D eigenvalue weighted by atomic mass is 10.1. The summed E-state index contributed by atoms with van der Waals surface area (Å²) >= 11 is 0. The number of nitro benzene ring substituents is 1. The molecule has 0 aliphatic carbocycles. The third-order valence-corrected chi connectivity index (χ3v) is 4.44. The van der Waals surface area contributed by atoms with E-state index in [0.717, 1.165) is 22.4 Å². The highest BCUT2D eigenvalue weighted by atomic mass is 16.6. The molecule has 0 saturated carbocycles. The second-order valence-corrected chi connectivity index (χ2v) is 6.28. The van der Waals surface area contributed by atoms with Crippen LogP contribution in [0, 0.1) is 10.1 Å². The number of H-pyrrole nitrogens is 1. The number of non-ortho nitro benzene ring substituents is 1. The number of methoxy groups -OCH3 is 1. The van der Waals surface area contributed by atoms with Gasteiger partial charge in [0.15, 0.2) is 0 Å². The van der Waals surface area contributed by atoms with Gasteiger partial charge in [0, 0.05) is 23.4 Å². The minimum atomic E-state index is -0.557. The molecule has 0 bridgehead atoms. The Balaban J connectivity index is 1.56. The van der Waals surface area contributed by atoms with Crippen molar-refractivity contribution in [2.24, 2.45) is 0 Å². The first kappa shape index (κ1) is 18.2. The third-order valence-electron chi connectivity index (χ3n) is 4.44. The smallest absolute Gasteiger partial charge is 0.270 e. The van der Waals surface area contributed by atoms with Crippen LogP contribution in [0.5, 0.6) is 5.75 Å². The van der Waals surface area contributed by atoms with E-state index in [1.807, 2.05) is 36.4 Å². The number of anilines is 1. The van der Waals surface area contributed by atoms with Crippen LogP contribution in [0.4, 0.5) is 11.4 Å². The van der Waals surface area contributed by atoms with Crippen molar-refractivity contribution in [1.82, 2.24) is 9.97 Å². The van der Waals surface area contributed by atoms with Crippen molar-refractivity contribution in [3.05, 3.63) is 82.4 Å². The molecule has 4 aromatic rings. The summed E-state index contributed by atoms with van der Waals surface area (Å²) < 4.78 is 5.15. The lowest BCUT2D eigenvalue weighted by Crippen LogP contribution is -2.13. The quantitative estimate of drug-likeness (QED) is 0.389. The first-order valence-corrected chi connectivity index (χ1v) is 8.74. The zero-order valence-electron chi connectivity index (χ0n) is 15.4. The predicted octanol–water partition coefficient (Wildman–Crippen LogP) is 4.40. The lowest BCUT2D eigenvalue weighted by Gasteiger charge is -2.09. The summed E-state index contributed by atoms with van der Waals surface area (Å²) in [7, 11) is 1.40. The monoisotopic (exact) mass is 388 g/mol. The molecule has 0 atom stereocenters. The van der Waals surface area contributed by atoms with Gasteiger partial charge in [0.25, 0.3) is 11.6 Å². The Kier molecular flexibility index (Phi) is 4.66. The molecule has 144 valence electrons. The fourth-order valence-electron chi connectivity index (χ4n) is 2.99. The summed E-state index contributed by atoms with van der Waals surface area (Å²) in [5.41, 5.74) is 3.13. The van der Waals surface area contributed by atoms with Crippen molar-refractivity contribution in [2.45, 2.75) is 0 Å². The number of nitrogens with one attached hydrogen (secondary N) is 2. The van der Waals surface area contributed by atoms with Crippen LogP contribution in [0.1, 0.15) is 10.4 Å². The molecule has 0 spiro atoms. The molecule has 1 aromatic heterocycles. The van der Waals surface area contributed by atoms with Crippen LogP contribution in [0.25, 0.3) is 22.4 Å². The minimum absolute atomic E-state index is 0.0862. The number of carbonyl (C=O) groups is 1. The number of hydrogen-bond acceptors (Lipinski definition) is 5. The number of para-hydroxylation sites is 2. The molecule has 0 aliphatic heterocycles. The SMILES string of the molecule is COc1ccc([N+](=O)[O-])cc1C(=O)Nc1ccc(-c2nc3ccccc3[nH]2)cc1. The largest absolute Gasteiger partial charge is 0.496 e. The zero-order valence-corrected chi connectivity index (χ0v) is 15.4. The molecule has 0 radical (unpaired) electrons. The molecule has 0 unspecified atom stereocenters. The molecule has 3 aromatic carbocycles. The maximum atomic E-state index is 12.6. The van der Waals surface area contributed by atoms with Gasteiger partial charge in [0.1, 0.15) is 11.6 Å². The average molecular weight is 388 g/mol. The summed E-state index contributed by atoms with van der Waals surface area (Å²) in [5.74, 6) is 0.485. The Morgan fingerprint density at radius 1 is 1.10 bits per heavy atom. The van der Waals surface area contributed by atoms with Gasteiger partial charge in [0.2, 0.25) is 0 Å². The molecule has 29 heavy (non-hydrogen) atoms. The van der Waals surface area contributed by atoms with E-state index in [0.29, 0.717) is 5.69 Å². The van der Waals surface area contributed by atoms with Gasteiger partial charge >= 0.3 is 0 Å². The van der Waals surface area contributed by atoms with Crippen molar-refractivity contribution >= 4 is 28.3 Å². The molecule has 1 amide bonds. The van der Waals surface area contributed by atoms with Crippen molar-refractivity contribution in [1.29, 1.82) is 0 Å². The molecule has 8 nitrogen and oxygen atoms in total.